The van der Waals surface area contributed by atoms with E-state index >= 15 is 0 Å². The molecular weight excluding hydrogens is 276 g/mol. The third-order valence-corrected chi connectivity index (χ3v) is 3.81. The molecule has 0 aromatic heterocycles. The first-order valence-corrected chi connectivity index (χ1v) is 6.82. The van der Waals surface area contributed by atoms with Crippen LogP contribution in [-0.2, 0) is 11.2 Å². The first-order valence-electron chi connectivity index (χ1n) is 6.82. The van der Waals surface area contributed by atoms with Crippen LogP contribution < -0.4 is 15.4 Å². The maximum Gasteiger partial charge on any atom is 0.223 e. The van der Waals surface area contributed by atoms with Crippen molar-refractivity contribution in [3.63, 3.8) is 0 Å². The number of ether oxygens (including phenoxy) is 1. The van der Waals surface area contributed by atoms with Crippen LogP contribution >= 0.6 is 12.4 Å². The Hall–Kier alpha value is -1.26. The lowest BCUT2D eigenvalue weighted by molar-refractivity contribution is -0.126. The van der Waals surface area contributed by atoms with Crippen molar-refractivity contribution in [1.82, 2.24) is 10.6 Å². The molecule has 1 atom stereocenters. The molecule has 0 radical (unpaired) electrons. The molecule has 1 unspecified atom stereocenters. The number of carbonyl (C=O) groups excluding carboxylic acids is 1. The van der Waals surface area contributed by atoms with Crippen LogP contribution in [0.15, 0.2) is 24.3 Å². The van der Waals surface area contributed by atoms with E-state index in [0.29, 0.717) is 12.5 Å². The molecule has 1 aliphatic heterocycles. The Kier molecular flexibility index (Phi) is 6.82. The molecule has 4 nitrogen and oxygen atoms in total. The second-order valence-corrected chi connectivity index (χ2v) is 5.10. The van der Waals surface area contributed by atoms with Crippen LogP contribution in [0.1, 0.15) is 12.5 Å². The van der Waals surface area contributed by atoms with Crippen LogP contribution in [0.3, 0.4) is 0 Å². The van der Waals surface area contributed by atoms with Gasteiger partial charge >= 0.3 is 0 Å². The van der Waals surface area contributed by atoms with E-state index in [9.17, 15) is 4.79 Å². The molecular formula is C15H23ClN2O2. The van der Waals surface area contributed by atoms with Crippen molar-refractivity contribution in [3.05, 3.63) is 29.8 Å². The van der Waals surface area contributed by atoms with Gasteiger partial charge in [-0.2, -0.15) is 0 Å². The van der Waals surface area contributed by atoms with E-state index in [0.717, 1.165) is 25.3 Å². The Morgan fingerprint density at radius 3 is 2.55 bits per heavy atom. The van der Waals surface area contributed by atoms with Gasteiger partial charge in [-0.25, -0.2) is 0 Å². The van der Waals surface area contributed by atoms with Gasteiger partial charge in [0, 0.05) is 12.5 Å². The molecule has 0 bridgehead atoms. The van der Waals surface area contributed by atoms with Gasteiger partial charge in [0.05, 0.1) is 7.11 Å². The summed E-state index contributed by atoms with van der Waals surface area (Å²) in [6.07, 6.45) is 0.853. The first-order chi connectivity index (χ1) is 9.20. The normalized spacial score (nSPS) is 15.7. The summed E-state index contributed by atoms with van der Waals surface area (Å²) in [5.74, 6) is 1.64. The van der Waals surface area contributed by atoms with Gasteiger partial charge in [0.1, 0.15) is 5.75 Å². The monoisotopic (exact) mass is 298 g/mol. The Morgan fingerprint density at radius 1 is 1.40 bits per heavy atom. The number of hydrogen-bond acceptors (Lipinski definition) is 3. The SMILES string of the molecule is COc1ccc(CCNC(=O)C(C)C2CNC2)cc1.Cl. The fraction of sp³-hybridized carbons (Fsp3) is 0.533. The summed E-state index contributed by atoms with van der Waals surface area (Å²) in [7, 11) is 1.66. The maximum atomic E-state index is 11.9. The van der Waals surface area contributed by atoms with E-state index in [-0.39, 0.29) is 24.2 Å². The van der Waals surface area contributed by atoms with Crippen LogP contribution in [0.2, 0.25) is 0 Å². The van der Waals surface area contributed by atoms with Gasteiger partial charge in [-0.05, 0) is 43.1 Å². The van der Waals surface area contributed by atoms with Crippen molar-refractivity contribution in [2.24, 2.45) is 11.8 Å². The van der Waals surface area contributed by atoms with Crippen LogP contribution in [0.25, 0.3) is 0 Å². The second-order valence-electron chi connectivity index (χ2n) is 5.10. The third-order valence-electron chi connectivity index (χ3n) is 3.81. The Morgan fingerprint density at radius 2 is 2.05 bits per heavy atom. The van der Waals surface area contributed by atoms with Crippen LogP contribution in [0, 0.1) is 11.8 Å². The highest BCUT2D eigenvalue weighted by Crippen LogP contribution is 2.16. The lowest BCUT2D eigenvalue weighted by Crippen LogP contribution is -2.49. The summed E-state index contributed by atoms with van der Waals surface area (Å²) < 4.78 is 5.11. The smallest absolute Gasteiger partial charge is 0.223 e. The number of methoxy groups -OCH3 is 1. The molecule has 1 heterocycles. The molecule has 1 aromatic carbocycles. The second kappa shape index (κ2) is 8.12. The largest absolute Gasteiger partial charge is 0.497 e. The van der Waals surface area contributed by atoms with E-state index in [1.54, 1.807) is 7.11 Å². The molecule has 1 aliphatic rings. The van der Waals surface area contributed by atoms with Crippen molar-refractivity contribution < 1.29 is 9.53 Å². The van der Waals surface area contributed by atoms with Crippen LogP contribution in [-0.4, -0.2) is 32.7 Å². The molecule has 0 spiro atoms. The number of carbonyl (C=O) groups is 1. The molecule has 20 heavy (non-hydrogen) atoms. The molecule has 2 N–H and O–H groups in total. The summed E-state index contributed by atoms with van der Waals surface area (Å²) in [6.45, 7) is 4.63. The van der Waals surface area contributed by atoms with Crippen LogP contribution in [0.4, 0.5) is 0 Å². The van der Waals surface area contributed by atoms with E-state index in [4.69, 9.17) is 4.74 Å². The van der Waals surface area contributed by atoms with Crippen molar-refractivity contribution in [2.45, 2.75) is 13.3 Å². The molecule has 1 aromatic rings. The van der Waals surface area contributed by atoms with E-state index < -0.39 is 0 Å². The molecule has 1 saturated heterocycles. The minimum Gasteiger partial charge on any atom is -0.497 e. The highest BCUT2D eigenvalue weighted by atomic mass is 35.5. The Labute approximate surface area is 126 Å². The zero-order chi connectivity index (χ0) is 13.7. The standard InChI is InChI=1S/C15H22N2O2.ClH/c1-11(13-9-16-10-13)15(18)17-8-7-12-3-5-14(19-2)6-4-12;/h3-6,11,13,16H,7-10H2,1-2H3,(H,17,18);1H. The topological polar surface area (TPSA) is 50.4 Å². The van der Waals surface area contributed by atoms with Crippen LogP contribution in [0.5, 0.6) is 5.75 Å². The summed E-state index contributed by atoms with van der Waals surface area (Å²) in [4.78, 5) is 11.9. The summed E-state index contributed by atoms with van der Waals surface area (Å²) in [6, 6.07) is 7.95. The average molecular weight is 299 g/mol. The van der Waals surface area contributed by atoms with Crippen molar-refractivity contribution in [2.75, 3.05) is 26.7 Å². The minimum absolute atomic E-state index is 0. The number of hydrogen-bond donors (Lipinski definition) is 2. The lowest BCUT2D eigenvalue weighted by atomic mass is 9.88. The zero-order valence-corrected chi connectivity index (χ0v) is 12.8. The van der Waals surface area contributed by atoms with E-state index in [2.05, 4.69) is 10.6 Å². The first kappa shape index (κ1) is 16.8. The zero-order valence-electron chi connectivity index (χ0n) is 12.0. The van der Waals surface area contributed by atoms with Crippen molar-refractivity contribution in [1.29, 1.82) is 0 Å². The average Bonchev–Trinajstić information content (AvgIpc) is 2.37. The Balaban J connectivity index is 0.00000200. The number of amides is 1. The van der Waals surface area contributed by atoms with Crippen molar-refractivity contribution in [3.8, 4) is 5.75 Å². The predicted molar refractivity (Wildman–Crippen MR) is 82.5 cm³/mol. The molecule has 1 amide bonds. The summed E-state index contributed by atoms with van der Waals surface area (Å²) in [5, 5.41) is 6.21. The molecule has 5 heteroatoms. The number of nitrogens with one attached hydrogen (secondary N) is 2. The van der Waals surface area contributed by atoms with Gasteiger partial charge in [-0.1, -0.05) is 19.1 Å². The number of halogens is 1. The molecule has 0 saturated carbocycles. The Bertz CT molecular complexity index is 418. The number of rotatable bonds is 6. The lowest BCUT2D eigenvalue weighted by Gasteiger charge is -2.31. The van der Waals surface area contributed by atoms with E-state index in [1.165, 1.54) is 5.56 Å². The molecule has 2 rings (SSSR count). The van der Waals surface area contributed by atoms with Gasteiger partial charge in [0.2, 0.25) is 5.91 Å². The maximum absolute atomic E-state index is 11.9. The highest BCUT2D eigenvalue weighted by Gasteiger charge is 2.28. The van der Waals surface area contributed by atoms with E-state index in [1.807, 2.05) is 31.2 Å². The third kappa shape index (κ3) is 4.39. The summed E-state index contributed by atoms with van der Waals surface area (Å²) >= 11 is 0. The van der Waals surface area contributed by atoms with Gasteiger partial charge in [-0.15, -0.1) is 12.4 Å². The van der Waals surface area contributed by atoms with Gasteiger partial charge in [-0.3, -0.25) is 4.79 Å². The fourth-order valence-corrected chi connectivity index (χ4v) is 2.16. The highest BCUT2D eigenvalue weighted by molar-refractivity contribution is 5.85. The van der Waals surface area contributed by atoms with Gasteiger partial charge < -0.3 is 15.4 Å². The number of benzene rings is 1. The molecule has 0 aliphatic carbocycles. The van der Waals surface area contributed by atoms with Gasteiger partial charge in [0.25, 0.3) is 0 Å². The minimum atomic E-state index is 0. The molecule has 112 valence electrons. The van der Waals surface area contributed by atoms with Gasteiger partial charge in [0.15, 0.2) is 0 Å². The summed E-state index contributed by atoms with van der Waals surface area (Å²) in [5.41, 5.74) is 1.21. The predicted octanol–water partition coefficient (Wildman–Crippen LogP) is 1.63. The molecule has 1 fully saturated rings. The quantitative estimate of drug-likeness (QED) is 0.839. The fourth-order valence-electron chi connectivity index (χ4n) is 2.16. The van der Waals surface area contributed by atoms with Crippen molar-refractivity contribution >= 4 is 18.3 Å².